The van der Waals surface area contributed by atoms with Crippen molar-refractivity contribution in [2.24, 2.45) is 17.2 Å². The van der Waals surface area contributed by atoms with Gasteiger partial charge in [0.2, 0.25) is 0 Å². The van der Waals surface area contributed by atoms with Crippen LogP contribution in [0.4, 0.5) is 0 Å². The van der Waals surface area contributed by atoms with Crippen molar-refractivity contribution in [2.45, 2.75) is 19.9 Å². The van der Waals surface area contributed by atoms with Crippen LogP contribution in [0.2, 0.25) is 0 Å². The van der Waals surface area contributed by atoms with Gasteiger partial charge >= 0.3 is 0 Å². The van der Waals surface area contributed by atoms with Gasteiger partial charge < -0.3 is 22.5 Å². The highest BCUT2D eigenvalue weighted by Gasteiger charge is 1.95. The van der Waals surface area contributed by atoms with Gasteiger partial charge in [-0.05, 0) is 26.4 Å². The minimum atomic E-state index is 0.692. The van der Waals surface area contributed by atoms with Gasteiger partial charge in [-0.3, -0.25) is 0 Å². The molecule has 0 unspecified atom stereocenters. The molecule has 0 aromatic carbocycles. The maximum Gasteiger partial charge on any atom is 0.0897 e. The van der Waals surface area contributed by atoms with E-state index in [1.807, 2.05) is 13.1 Å². The van der Waals surface area contributed by atoms with Gasteiger partial charge in [-0.25, -0.2) is 4.98 Å². The molecule has 0 aliphatic carbocycles. The Bertz CT molecular complexity index is 249. The molecule has 0 atom stereocenters. The summed E-state index contributed by atoms with van der Waals surface area (Å²) in [6.45, 7) is 5.90. The molecule has 0 radical (unpaired) electrons. The van der Waals surface area contributed by atoms with Crippen LogP contribution in [-0.4, -0.2) is 31.2 Å². The van der Waals surface area contributed by atoms with Gasteiger partial charge in [-0.1, -0.05) is 0 Å². The van der Waals surface area contributed by atoms with E-state index in [4.69, 9.17) is 17.2 Å². The minimum absolute atomic E-state index is 0.692. The standard InChI is InChI=1S/C7H13N3S.C3H10N2/c1-6-10-5-7(11-6)4-9-3-2-8;4-2-1-3-5/h5,9H,2-4,8H2,1H3;1-5H2. The first kappa shape index (κ1) is 15.5. The fraction of sp³-hybridized carbons (Fsp3) is 0.700. The van der Waals surface area contributed by atoms with Crippen molar-refractivity contribution in [3.8, 4) is 0 Å². The fourth-order valence-electron chi connectivity index (χ4n) is 0.919. The molecule has 0 spiro atoms. The topological polar surface area (TPSA) is 103 Å². The molecular weight excluding hydrogens is 222 g/mol. The summed E-state index contributed by atoms with van der Waals surface area (Å²) in [4.78, 5) is 5.42. The zero-order valence-corrected chi connectivity index (χ0v) is 10.7. The Labute approximate surface area is 101 Å². The number of thiazole rings is 1. The molecule has 94 valence electrons. The average molecular weight is 245 g/mol. The Morgan fingerprint density at radius 2 is 1.94 bits per heavy atom. The number of rotatable bonds is 6. The fourth-order valence-corrected chi connectivity index (χ4v) is 1.68. The molecule has 1 heterocycles. The smallest absolute Gasteiger partial charge is 0.0897 e. The highest BCUT2D eigenvalue weighted by Crippen LogP contribution is 2.10. The van der Waals surface area contributed by atoms with Crippen LogP contribution >= 0.6 is 11.3 Å². The lowest BCUT2D eigenvalue weighted by Crippen LogP contribution is -2.21. The second-order valence-corrected chi connectivity index (χ2v) is 4.56. The van der Waals surface area contributed by atoms with E-state index in [1.165, 1.54) is 4.88 Å². The lowest BCUT2D eigenvalue weighted by atomic mass is 10.4. The predicted octanol–water partition coefficient (Wildman–Crippen LogP) is -0.206. The first-order valence-corrected chi connectivity index (χ1v) is 6.28. The van der Waals surface area contributed by atoms with E-state index in [-0.39, 0.29) is 0 Å². The van der Waals surface area contributed by atoms with Gasteiger partial charge in [0.25, 0.3) is 0 Å². The normalized spacial score (nSPS) is 9.75. The molecule has 1 aromatic heterocycles. The SMILES string of the molecule is Cc1ncc(CNCCN)s1.NCCCN. The van der Waals surface area contributed by atoms with E-state index < -0.39 is 0 Å². The van der Waals surface area contributed by atoms with E-state index in [1.54, 1.807) is 11.3 Å². The van der Waals surface area contributed by atoms with E-state index in [9.17, 15) is 0 Å². The molecular formula is C10H23N5S. The van der Waals surface area contributed by atoms with E-state index in [0.29, 0.717) is 6.54 Å². The molecule has 0 bridgehead atoms. The Balaban J connectivity index is 0.000000385. The molecule has 6 heteroatoms. The van der Waals surface area contributed by atoms with E-state index >= 15 is 0 Å². The van der Waals surface area contributed by atoms with Crippen molar-refractivity contribution in [2.75, 3.05) is 26.2 Å². The first-order valence-electron chi connectivity index (χ1n) is 5.46. The van der Waals surface area contributed by atoms with Gasteiger partial charge in [0, 0.05) is 30.7 Å². The molecule has 0 saturated heterocycles. The summed E-state index contributed by atoms with van der Waals surface area (Å²) in [5.74, 6) is 0. The second-order valence-electron chi connectivity index (χ2n) is 3.24. The third kappa shape index (κ3) is 8.75. The molecule has 1 aromatic rings. The molecule has 0 saturated carbocycles. The van der Waals surface area contributed by atoms with Crippen molar-refractivity contribution in [1.29, 1.82) is 0 Å². The molecule has 0 amide bonds. The highest BCUT2D eigenvalue weighted by molar-refractivity contribution is 7.11. The Morgan fingerprint density at radius 1 is 1.25 bits per heavy atom. The number of nitrogens with zero attached hydrogens (tertiary/aromatic N) is 1. The average Bonchev–Trinajstić information content (AvgIpc) is 2.67. The van der Waals surface area contributed by atoms with Crippen LogP contribution in [0.5, 0.6) is 0 Å². The third-order valence-electron chi connectivity index (χ3n) is 1.70. The summed E-state index contributed by atoms with van der Waals surface area (Å²) in [6.07, 6.45) is 2.85. The van der Waals surface area contributed by atoms with Crippen molar-refractivity contribution >= 4 is 11.3 Å². The molecule has 0 aliphatic heterocycles. The number of nitrogens with two attached hydrogens (primary N) is 3. The minimum Gasteiger partial charge on any atom is -0.330 e. The zero-order chi connectivity index (χ0) is 12.2. The third-order valence-corrected chi connectivity index (χ3v) is 2.61. The molecule has 7 N–H and O–H groups in total. The summed E-state index contributed by atoms with van der Waals surface area (Å²) < 4.78 is 0. The van der Waals surface area contributed by atoms with E-state index in [0.717, 1.165) is 37.6 Å². The molecule has 1 rings (SSSR count). The molecule has 16 heavy (non-hydrogen) atoms. The van der Waals surface area contributed by atoms with Crippen LogP contribution in [-0.2, 0) is 6.54 Å². The maximum atomic E-state index is 5.32. The lowest BCUT2D eigenvalue weighted by molar-refractivity contribution is 0.701. The van der Waals surface area contributed by atoms with Gasteiger partial charge in [0.05, 0.1) is 5.01 Å². The summed E-state index contributed by atoms with van der Waals surface area (Å²) >= 11 is 1.72. The number of hydrogen-bond donors (Lipinski definition) is 4. The Morgan fingerprint density at radius 3 is 2.31 bits per heavy atom. The quantitative estimate of drug-likeness (QED) is 0.520. The van der Waals surface area contributed by atoms with Crippen LogP contribution < -0.4 is 22.5 Å². The second kappa shape index (κ2) is 11.0. The Kier molecular flexibility index (Phi) is 10.6. The number of aromatic nitrogens is 1. The number of nitrogens with one attached hydrogen (secondary N) is 1. The van der Waals surface area contributed by atoms with Gasteiger partial charge in [0.1, 0.15) is 0 Å². The summed E-state index contributed by atoms with van der Waals surface area (Å²) in [7, 11) is 0. The summed E-state index contributed by atoms with van der Waals surface area (Å²) in [5.41, 5.74) is 15.4. The van der Waals surface area contributed by atoms with Crippen LogP contribution in [0.1, 0.15) is 16.3 Å². The number of hydrogen-bond acceptors (Lipinski definition) is 6. The molecule has 5 nitrogen and oxygen atoms in total. The predicted molar refractivity (Wildman–Crippen MR) is 70.3 cm³/mol. The van der Waals surface area contributed by atoms with Crippen molar-refractivity contribution < 1.29 is 0 Å². The Hall–Kier alpha value is -0.530. The molecule has 0 aliphatic rings. The zero-order valence-electron chi connectivity index (χ0n) is 9.91. The number of aryl methyl sites for hydroxylation is 1. The monoisotopic (exact) mass is 245 g/mol. The summed E-state index contributed by atoms with van der Waals surface area (Å²) in [6, 6.07) is 0. The summed E-state index contributed by atoms with van der Waals surface area (Å²) in [5, 5.41) is 4.33. The van der Waals surface area contributed by atoms with Crippen molar-refractivity contribution in [3.05, 3.63) is 16.1 Å². The van der Waals surface area contributed by atoms with Gasteiger partial charge in [-0.2, -0.15) is 0 Å². The van der Waals surface area contributed by atoms with Crippen molar-refractivity contribution in [3.63, 3.8) is 0 Å². The van der Waals surface area contributed by atoms with Crippen LogP contribution in [0.3, 0.4) is 0 Å². The lowest BCUT2D eigenvalue weighted by Gasteiger charge is -1.97. The van der Waals surface area contributed by atoms with Gasteiger partial charge in [0.15, 0.2) is 0 Å². The maximum absolute atomic E-state index is 5.32. The van der Waals surface area contributed by atoms with E-state index in [2.05, 4.69) is 10.3 Å². The first-order chi connectivity index (χ1) is 7.74. The van der Waals surface area contributed by atoms with Crippen molar-refractivity contribution in [1.82, 2.24) is 10.3 Å². The highest BCUT2D eigenvalue weighted by atomic mass is 32.1. The van der Waals surface area contributed by atoms with Crippen LogP contribution in [0.25, 0.3) is 0 Å². The van der Waals surface area contributed by atoms with Crippen LogP contribution in [0, 0.1) is 6.92 Å². The molecule has 0 fully saturated rings. The van der Waals surface area contributed by atoms with Crippen LogP contribution in [0.15, 0.2) is 6.20 Å². The van der Waals surface area contributed by atoms with Gasteiger partial charge in [-0.15, -0.1) is 11.3 Å². The largest absolute Gasteiger partial charge is 0.330 e.